The van der Waals surface area contributed by atoms with Crippen LogP contribution >= 0.6 is 0 Å². The Labute approximate surface area is 93.8 Å². The third-order valence-electron chi connectivity index (χ3n) is 3.64. The van der Waals surface area contributed by atoms with Crippen molar-refractivity contribution < 1.29 is 4.79 Å². The van der Waals surface area contributed by atoms with Crippen LogP contribution in [-0.4, -0.2) is 18.5 Å². The van der Waals surface area contributed by atoms with Crippen molar-refractivity contribution in [3.05, 3.63) is 0 Å². The van der Waals surface area contributed by atoms with E-state index in [1.807, 2.05) is 13.8 Å². The maximum absolute atomic E-state index is 12.0. The molecule has 0 aromatic heterocycles. The second kappa shape index (κ2) is 6.11. The smallest absolute Gasteiger partial charge is 0.227 e. The summed E-state index contributed by atoms with van der Waals surface area (Å²) < 4.78 is 0. The number of hydrogen-bond acceptors (Lipinski definition) is 2. The number of carbonyl (C=O) groups is 1. The lowest BCUT2D eigenvalue weighted by atomic mass is 9.86. The highest BCUT2D eigenvalue weighted by Crippen LogP contribution is 2.20. The molecule has 0 aliphatic heterocycles. The first-order valence-electron chi connectivity index (χ1n) is 5.92. The van der Waals surface area contributed by atoms with E-state index in [-0.39, 0.29) is 11.9 Å². The summed E-state index contributed by atoms with van der Waals surface area (Å²) in [6.45, 7) is 10.7. The quantitative estimate of drug-likeness (QED) is 0.709. The molecule has 1 amide bonds. The molecule has 0 bridgehead atoms. The van der Waals surface area contributed by atoms with Gasteiger partial charge in [0.05, 0.1) is 5.41 Å². The van der Waals surface area contributed by atoms with Gasteiger partial charge in [-0.2, -0.15) is 0 Å². The number of rotatable bonds is 6. The average molecular weight is 214 g/mol. The molecule has 0 rings (SSSR count). The highest BCUT2D eigenvalue weighted by Gasteiger charge is 2.30. The maximum Gasteiger partial charge on any atom is 0.227 e. The van der Waals surface area contributed by atoms with Crippen molar-refractivity contribution in [1.29, 1.82) is 0 Å². The fourth-order valence-corrected chi connectivity index (χ4v) is 1.27. The van der Waals surface area contributed by atoms with Crippen LogP contribution in [0.3, 0.4) is 0 Å². The molecule has 3 atom stereocenters. The van der Waals surface area contributed by atoms with Crippen LogP contribution in [0.5, 0.6) is 0 Å². The van der Waals surface area contributed by atoms with Crippen LogP contribution in [0.15, 0.2) is 0 Å². The molecule has 0 heterocycles. The van der Waals surface area contributed by atoms with Gasteiger partial charge in [-0.15, -0.1) is 0 Å². The monoisotopic (exact) mass is 214 g/mol. The molecule has 0 aliphatic carbocycles. The summed E-state index contributed by atoms with van der Waals surface area (Å²) in [5.74, 6) is 0.591. The lowest BCUT2D eigenvalue weighted by molar-refractivity contribution is -0.130. The summed E-state index contributed by atoms with van der Waals surface area (Å²) in [6, 6.07) is 0.222. The average Bonchev–Trinajstić information content (AvgIpc) is 2.26. The van der Waals surface area contributed by atoms with E-state index >= 15 is 0 Å². The summed E-state index contributed by atoms with van der Waals surface area (Å²) in [4.78, 5) is 12.0. The van der Waals surface area contributed by atoms with Gasteiger partial charge in [0.2, 0.25) is 5.91 Å². The topological polar surface area (TPSA) is 55.1 Å². The molecule has 0 spiro atoms. The minimum absolute atomic E-state index is 0.0836. The molecule has 3 unspecified atom stereocenters. The van der Waals surface area contributed by atoms with Gasteiger partial charge in [0.1, 0.15) is 0 Å². The highest BCUT2D eigenvalue weighted by molar-refractivity contribution is 5.82. The number of nitrogens with one attached hydrogen (secondary N) is 1. The zero-order valence-electron chi connectivity index (χ0n) is 10.8. The van der Waals surface area contributed by atoms with Crippen LogP contribution in [-0.2, 0) is 4.79 Å². The van der Waals surface area contributed by atoms with Gasteiger partial charge in [0.15, 0.2) is 0 Å². The minimum atomic E-state index is -0.415. The molecule has 0 radical (unpaired) electrons. The molecule has 0 fully saturated rings. The molecule has 0 aromatic carbocycles. The van der Waals surface area contributed by atoms with Crippen molar-refractivity contribution in [3.8, 4) is 0 Å². The molecule has 3 heteroatoms. The SMILES string of the molecule is CCC(C)C(C)NC(=O)C(C)(CC)CN. The summed E-state index contributed by atoms with van der Waals surface area (Å²) in [6.07, 6.45) is 1.86. The molecular weight excluding hydrogens is 188 g/mol. The Morgan fingerprint density at radius 1 is 1.40 bits per heavy atom. The van der Waals surface area contributed by atoms with Crippen LogP contribution in [0.2, 0.25) is 0 Å². The lowest BCUT2D eigenvalue weighted by Gasteiger charge is -2.29. The first-order chi connectivity index (χ1) is 6.91. The van der Waals surface area contributed by atoms with Gasteiger partial charge in [0, 0.05) is 12.6 Å². The summed E-state index contributed by atoms with van der Waals surface area (Å²) >= 11 is 0. The largest absolute Gasteiger partial charge is 0.353 e. The minimum Gasteiger partial charge on any atom is -0.353 e. The van der Waals surface area contributed by atoms with E-state index < -0.39 is 5.41 Å². The zero-order valence-corrected chi connectivity index (χ0v) is 10.8. The molecule has 3 nitrogen and oxygen atoms in total. The highest BCUT2D eigenvalue weighted by atomic mass is 16.2. The maximum atomic E-state index is 12.0. The zero-order chi connectivity index (χ0) is 12.1. The van der Waals surface area contributed by atoms with Crippen molar-refractivity contribution in [2.45, 2.75) is 53.5 Å². The van der Waals surface area contributed by atoms with Crippen LogP contribution in [0.25, 0.3) is 0 Å². The molecule has 0 saturated carbocycles. The normalized spacial score (nSPS) is 19.1. The number of hydrogen-bond donors (Lipinski definition) is 2. The van der Waals surface area contributed by atoms with Crippen molar-refractivity contribution in [1.82, 2.24) is 5.32 Å². The standard InChI is InChI=1S/C12H26N2O/c1-6-9(3)10(4)14-11(15)12(5,7-2)8-13/h9-10H,6-8,13H2,1-5H3,(H,14,15). The van der Waals surface area contributed by atoms with Gasteiger partial charge >= 0.3 is 0 Å². The first kappa shape index (κ1) is 14.4. The van der Waals surface area contributed by atoms with E-state index in [1.165, 1.54) is 0 Å². The van der Waals surface area contributed by atoms with E-state index in [0.29, 0.717) is 12.5 Å². The Kier molecular flexibility index (Phi) is 5.88. The molecule has 0 aromatic rings. The van der Waals surface area contributed by atoms with E-state index in [4.69, 9.17) is 5.73 Å². The van der Waals surface area contributed by atoms with Gasteiger partial charge in [-0.05, 0) is 26.2 Å². The van der Waals surface area contributed by atoms with Gasteiger partial charge < -0.3 is 11.1 Å². The van der Waals surface area contributed by atoms with Crippen molar-refractivity contribution in [3.63, 3.8) is 0 Å². The Bertz CT molecular complexity index is 200. The molecule has 15 heavy (non-hydrogen) atoms. The molecule has 90 valence electrons. The van der Waals surface area contributed by atoms with Crippen LogP contribution in [0.1, 0.15) is 47.5 Å². The van der Waals surface area contributed by atoms with E-state index in [0.717, 1.165) is 12.8 Å². The summed E-state index contributed by atoms with van der Waals surface area (Å²) in [5, 5.41) is 3.05. The van der Waals surface area contributed by atoms with Crippen LogP contribution in [0.4, 0.5) is 0 Å². The van der Waals surface area contributed by atoms with Gasteiger partial charge in [-0.25, -0.2) is 0 Å². The molecule has 3 N–H and O–H groups in total. The van der Waals surface area contributed by atoms with Crippen molar-refractivity contribution >= 4 is 5.91 Å². The second-order valence-electron chi connectivity index (χ2n) is 4.77. The Balaban J connectivity index is 4.35. The van der Waals surface area contributed by atoms with E-state index in [2.05, 4.69) is 26.1 Å². The van der Waals surface area contributed by atoms with Gasteiger partial charge in [-0.3, -0.25) is 4.79 Å². The first-order valence-corrected chi connectivity index (χ1v) is 5.92. The van der Waals surface area contributed by atoms with Gasteiger partial charge in [-0.1, -0.05) is 27.2 Å². The number of nitrogens with two attached hydrogens (primary N) is 1. The molecule has 0 saturated heterocycles. The van der Waals surface area contributed by atoms with Crippen molar-refractivity contribution in [2.24, 2.45) is 17.1 Å². The lowest BCUT2D eigenvalue weighted by Crippen LogP contribution is -2.48. The third kappa shape index (κ3) is 3.82. The fourth-order valence-electron chi connectivity index (χ4n) is 1.27. The number of carbonyl (C=O) groups excluding carboxylic acids is 1. The Hall–Kier alpha value is -0.570. The Morgan fingerprint density at radius 2 is 1.93 bits per heavy atom. The number of amides is 1. The van der Waals surface area contributed by atoms with Crippen molar-refractivity contribution in [2.75, 3.05) is 6.54 Å². The fraction of sp³-hybridized carbons (Fsp3) is 0.917. The summed E-state index contributed by atoms with van der Waals surface area (Å²) in [5.41, 5.74) is 5.23. The van der Waals surface area contributed by atoms with Crippen LogP contribution < -0.4 is 11.1 Å². The summed E-state index contributed by atoms with van der Waals surface area (Å²) in [7, 11) is 0. The molecular formula is C12H26N2O. The molecule has 0 aliphatic rings. The van der Waals surface area contributed by atoms with E-state index in [9.17, 15) is 4.79 Å². The van der Waals surface area contributed by atoms with E-state index in [1.54, 1.807) is 0 Å². The third-order valence-corrected chi connectivity index (χ3v) is 3.64. The van der Waals surface area contributed by atoms with Crippen LogP contribution in [0, 0.1) is 11.3 Å². The predicted molar refractivity (Wildman–Crippen MR) is 64.5 cm³/mol. The second-order valence-corrected chi connectivity index (χ2v) is 4.77. The van der Waals surface area contributed by atoms with Gasteiger partial charge in [0.25, 0.3) is 0 Å². The predicted octanol–water partition coefficient (Wildman–Crippen LogP) is 1.91. The Morgan fingerprint density at radius 3 is 2.27 bits per heavy atom.